The van der Waals surface area contributed by atoms with E-state index in [1.54, 1.807) is 0 Å². The highest BCUT2D eigenvalue weighted by Crippen LogP contribution is 2.52. The van der Waals surface area contributed by atoms with E-state index in [0.717, 1.165) is 38.9 Å². The van der Waals surface area contributed by atoms with E-state index in [1.165, 1.54) is 21.2 Å². The standard InChI is InChI=1S/C24H28N2O3/c27-23(21-17-8-9-18(14-17)22(21)24(28)29)26-12-10-25(11-13-26)15-19-6-3-5-16-4-1-2-7-20(16)19/h1-7,17-18,21-22H,8-15H2,(H,28,29)/t17-,18-,21-,22+/m1/s1. The van der Waals surface area contributed by atoms with Crippen molar-refractivity contribution in [1.29, 1.82) is 0 Å². The Morgan fingerprint density at radius 2 is 1.66 bits per heavy atom. The van der Waals surface area contributed by atoms with Crippen LogP contribution in [0.25, 0.3) is 10.8 Å². The van der Waals surface area contributed by atoms with Gasteiger partial charge in [-0.05, 0) is 41.9 Å². The molecule has 1 N–H and O–H groups in total. The van der Waals surface area contributed by atoms with Gasteiger partial charge in [0.2, 0.25) is 5.91 Å². The smallest absolute Gasteiger partial charge is 0.227 e. The minimum absolute atomic E-state index is 0.0654. The normalized spacial score (nSPS) is 29.4. The van der Waals surface area contributed by atoms with Crippen LogP contribution in [-0.4, -0.2) is 43.0 Å². The second-order valence-corrected chi connectivity index (χ2v) is 9.09. The highest BCUT2D eigenvalue weighted by molar-refractivity contribution is 5.86. The number of fused-ring (bicyclic) bond motifs is 3. The molecule has 0 radical (unpaired) electrons. The zero-order chi connectivity index (χ0) is 20.0. The molecule has 2 saturated carbocycles. The zero-order valence-corrected chi connectivity index (χ0v) is 16.7. The molecule has 3 aliphatic rings. The Bertz CT molecular complexity index is 929. The van der Waals surface area contributed by atoms with Crippen molar-refractivity contribution in [2.45, 2.75) is 25.8 Å². The number of amides is 1. The van der Waals surface area contributed by atoms with Crippen LogP contribution < -0.4 is 10.0 Å². The van der Waals surface area contributed by atoms with Crippen LogP contribution in [0.3, 0.4) is 0 Å². The first-order valence-electron chi connectivity index (χ1n) is 10.9. The van der Waals surface area contributed by atoms with Crippen molar-refractivity contribution in [3.05, 3.63) is 48.0 Å². The van der Waals surface area contributed by atoms with E-state index in [9.17, 15) is 14.7 Å². The van der Waals surface area contributed by atoms with Crippen molar-refractivity contribution in [1.82, 2.24) is 4.90 Å². The first-order chi connectivity index (χ1) is 14.1. The lowest BCUT2D eigenvalue weighted by Gasteiger charge is -2.38. The molecule has 5 nitrogen and oxygen atoms in total. The van der Waals surface area contributed by atoms with Crippen LogP contribution in [0.5, 0.6) is 0 Å². The lowest BCUT2D eigenvalue weighted by Crippen LogP contribution is -3.13. The molecule has 1 amide bonds. The maximum absolute atomic E-state index is 13.2. The lowest BCUT2D eigenvalue weighted by atomic mass is 9.78. The van der Waals surface area contributed by atoms with Gasteiger partial charge in [-0.25, -0.2) is 0 Å². The molecule has 0 spiro atoms. The molecule has 1 heterocycles. The maximum atomic E-state index is 13.2. The molecule has 29 heavy (non-hydrogen) atoms. The van der Waals surface area contributed by atoms with Gasteiger partial charge in [0.05, 0.1) is 26.2 Å². The molecular formula is C24H28N2O3. The summed E-state index contributed by atoms with van der Waals surface area (Å²) in [5.74, 6) is -1.47. The number of hydrogen-bond donors (Lipinski definition) is 1. The van der Waals surface area contributed by atoms with Crippen molar-refractivity contribution < 1.29 is 19.6 Å². The Kier molecular flexibility index (Phi) is 4.78. The van der Waals surface area contributed by atoms with Crippen LogP contribution in [0, 0.1) is 23.7 Å². The zero-order valence-electron chi connectivity index (χ0n) is 16.7. The summed E-state index contributed by atoms with van der Waals surface area (Å²) in [5, 5.41) is 14.2. The molecule has 5 rings (SSSR count). The van der Waals surface area contributed by atoms with Gasteiger partial charge in [-0.1, -0.05) is 42.5 Å². The van der Waals surface area contributed by atoms with Crippen LogP contribution in [0.1, 0.15) is 24.8 Å². The number of carboxylic acids is 1. The second kappa shape index (κ2) is 7.45. The molecule has 4 atom stereocenters. The molecule has 152 valence electrons. The molecule has 2 aromatic rings. The summed E-state index contributed by atoms with van der Waals surface area (Å²) in [7, 11) is 0. The van der Waals surface area contributed by atoms with Gasteiger partial charge in [-0.15, -0.1) is 0 Å². The number of nitrogens with one attached hydrogen (secondary N) is 1. The summed E-state index contributed by atoms with van der Waals surface area (Å²) in [6, 6.07) is 14.9. The summed E-state index contributed by atoms with van der Waals surface area (Å²) in [5.41, 5.74) is 1.35. The Morgan fingerprint density at radius 3 is 2.41 bits per heavy atom. The lowest BCUT2D eigenvalue weighted by molar-refractivity contribution is -0.917. The monoisotopic (exact) mass is 392 g/mol. The number of quaternary nitrogens is 1. The van der Waals surface area contributed by atoms with Gasteiger partial charge in [-0.3, -0.25) is 4.79 Å². The van der Waals surface area contributed by atoms with E-state index in [4.69, 9.17) is 0 Å². The third-order valence-electron chi connectivity index (χ3n) is 7.58. The molecule has 0 aromatic heterocycles. The van der Waals surface area contributed by atoms with Crippen LogP contribution in [0.2, 0.25) is 0 Å². The van der Waals surface area contributed by atoms with Crippen molar-refractivity contribution in [3.63, 3.8) is 0 Å². The highest BCUT2D eigenvalue weighted by Gasteiger charge is 2.52. The number of benzene rings is 2. The second-order valence-electron chi connectivity index (χ2n) is 9.09. The number of piperazine rings is 1. The van der Waals surface area contributed by atoms with E-state index in [1.807, 2.05) is 4.90 Å². The Labute approximate surface area is 171 Å². The van der Waals surface area contributed by atoms with Gasteiger partial charge >= 0.3 is 0 Å². The molecule has 2 aliphatic carbocycles. The average Bonchev–Trinajstić information content (AvgIpc) is 3.36. The van der Waals surface area contributed by atoms with E-state index >= 15 is 0 Å². The number of carbonyl (C=O) groups excluding carboxylic acids is 2. The predicted octanol–water partition coefficient (Wildman–Crippen LogP) is 0.479. The minimum Gasteiger partial charge on any atom is -0.550 e. The number of aliphatic carboxylic acids is 1. The average molecular weight is 392 g/mol. The van der Waals surface area contributed by atoms with Gasteiger partial charge < -0.3 is 19.7 Å². The summed E-state index contributed by atoms with van der Waals surface area (Å²) in [6.07, 6.45) is 2.83. The van der Waals surface area contributed by atoms with Gasteiger partial charge in [-0.2, -0.15) is 0 Å². The molecule has 2 bridgehead atoms. The van der Waals surface area contributed by atoms with Crippen LogP contribution in [-0.2, 0) is 16.1 Å². The Hall–Kier alpha value is -2.40. The molecule has 1 aliphatic heterocycles. The first kappa shape index (κ1) is 18.6. The number of nitrogens with zero attached hydrogens (tertiary/aromatic N) is 1. The number of carboxylic acid groups (broad SMARTS) is 1. The van der Waals surface area contributed by atoms with E-state index in [0.29, 0.717) is 13.1 Å². The summed E-state index contributed by atoms with van der Waals surface area (Å²) in [6.45, 7) is 4.20. The fourth-order valence-corrected chi connectivity index (χ4v) is 6.13. The minimum atomic E-state index is -1.02. The van der Waals surface area contributed by atoms with E-state index in [-0.39, 0.29) is 23.7 Å². The van der Waals surface area contributed by atoms with Crippen molar-refractivity contribution in [2.75, 3.05) is 26.2 Å². The maximum Gasteiger partial charge on any atom is 0.227 e. The Balaban J connectivity index is 1.24. The van der Waals surface area contributed by atoms with Gasteiger partial charge in [0.15, 0.2) is 0 Å². The van der Waals surface area contributed by atoms with Crippen molar-refractivity contribution in [3.8, 4) is 0 Å². The third kappa shape index (κ3) is 3.31. The van der Waals surface area contributed by atoms with Crippen LogP contribution >= 0.6 is 0 Å². The quantitative estimate of drug-likeness (QED) is 0.823. The van der Waals surface area contributed by atoms with Gasteiger partial charge in [0.25, 0.3) is 0 Å². The fraction of sp³-hybridized carbons (Fsp3) is 0.500. The summed E-state index contributed by atoms with van der Waals surface area (Å²) < 4.78 is 0. The number of carbonyl (C=O) groups is 2. The van der Waals surface area contributed by atoms with Crippen molar-refractivity contribution >= 4 is 22.6 Å². The Morgan fingerprint density at radius 1 is 0.966 bits per heavy atom. The molecule has 1 saturated heterocycles. The van der Waals surface area contributed by atoms with Gasteiger partial charge in [0, 0.05) is 23.4 Å². The molecular weight excluding hydrogens is 364 g/mol. The molecule has 0 unspecified atom stereocenters. The SMILES string of the molecule is O=C([O-])[C@H]1[C@@H]2CC[C@H](C2)[C@H]1C(=O)N1CC[NH+](Cc2cccc3ccccc23)CC1. The molecule has 2 aromatic carbocycles. The fourth-order valence-electron chi connectivity index (χ4n) is 6.13. The number of rotatable bonds is 4. The topological polar surface area (TPSA) is 64.9 Å². The van der Waals surface area contributed by atoms with E-state index < -0.39 is 11.9 Å². The summed E-state index contributed by atoms with van der Waals surface area (Å²) >= 11 is 0. The van der Waals surface area contributed by atoms with E-state index in [2.05, 4.69) is 42.5 Å². The number of hydrogen-bond acceptors (Lipinski definition) is 3. The predicted molar refractivity (Wildman–Crippen MR) is 108 cm³/mol. The van der Waals surface area contributed by atoms with Crippen molar-refractivity contribution in [2.24, 2.45) is 23.7 Å². The van der Waals surface area contributed by atoms with Crippen LogP contribution in [0.4, 0.5) is 0 Å². The largest absolute Gasteiger partial charge is 0.550 e. The van der Waals surface area contributed by atoms with Crippen LogP contribution in [0.15, 0.2) is 42.5 Å². The van der Waals surface area contributed by atoms with Gasteiger partial charge in [0.1, 0.15) is 6.54 Å². The highest BCUT2D eigenvalue weighted by atomic mass is 16.4. The molecule has 5 heteroatoms. The first-order valence-corrected chi connectivity index (χ1v) is 10.9. The summed E-state index contributed by atoms with van der Waals surface area (Å²) in [4.78, 5) is 28.2. The third-order valence-corrected chi connectivity index (χ3v) is 7.58. The molecule has 3 fully saturated rings.